The highest BCUT2D eigenvalue weighted by molar-refractivity contribution is 9.10. The summed E-state index contributed by atoms with van der Waals surface area (Å²) in [7, 11) is 1.46. The Morgan fingerprint density at radius 2 is 1.91 bits per heavy atom. The lowest BCUT2D eigenvalue weighted by Crippen LogP contribution is -2.14. The van der Waals surface area contributed by atoms with Gasteiger partial charge in [0.15, 0.2) is 11.5 Å². The summed E-state index contributed by atoms with van der Waals surface area (Å²) in [6, 6.07) is 16.5. The van der Waals surface area contributed by atoms with E-state index in [1.165, 1.54) is 43.5 Å². The summed E-state index contributed by atoms with van der Waals surface area (Å²) in [6.07, 6.45) is 1.38. The Hall–Kier alpha value is -4.23. The minimum atomic E-state index is -0.687. The van der Waals surface area contributed by atoms with Gasteiger partial charge in [0.1, 0.15) is 24.1 Å². The fourth-order valence-electron chi connectivity index (χ4n) is 2.86. The number of nitriles is 1. The molecule has 0 aromatic heterocycles. The number of nitro benzene ring substituents is 1. The number of methoxy groups -OCH3 is 1. The molecule has 0 spiro atoms. The molecule has 0 aliphatic heterocycles. The van der Waals surface area contributed by atoms with E-state index in [0.717, 1.165) is 5.56 Å². The molecule has 34 heavy (non-hydrogen) atoms. The minimum Gasteiger partial charge on any atom is -0.493 e. The molecule has 1 amide bonds. The minimum absolute atomic E-state index is 0.144. The van der Waals surface area contributed by atoms with E-state index in [9.17, 15) is 24.6 Å². The van der Waals surface area contributed by atoms with Gasteiger partial charge in [0.25, 0.3) is 11.6 Å². The van der Waals surface area contributed by atoms with Crippen LogP contribution in [-0.2, 0) is 11.4 Å². The summed E-state index contributed by atoms with van der Waals surface area (Å²) < 4.78 is 24.4. The topological polar surface area (TPSA) is 114 Å². The number of ether oxygens (including phenoxy) is 2. The summed E-state index contributed by atoms with van der Waals surface area (Å²) in [5.74, 6) is -0.211. The van der Waals surface area contributed by atoms with E-state index in [-0.39, 0.29) is 29.4 Å². The molecule has 1 N–H and O–H groups in total. The summed E-state index contributed by atoms with van der Waals surface area (Å²) >= 11 is 3.17. The second-order valence-corrected chi connectivity index (χ2v) is 7.72. The van der Waals surface area contributed by atoms with Crippen molar-refractivity contribution in [2.75, 3.05) is 12.4 Å². The first-order valence-corrected chi connectivity index (χ1v) is 10.5. The molecule has 0 bridgehead atoms. The van der Waals surface area contributed by atoms with Crippen molar-refractivity contribution < 1.29 is 23.6 Å². The number of hydrogen-bond donors (Lipinski definition) is 1. The van der Waals surface area contributed by atoms with Crippen molar-refractivity contribution in [1.82, 2.24) is 0 Å². The van der Waals surface area contributed by atoms with Crippen molar-refractivity contribution >= 4 is 39.3 Å². The Bertz CT molecular complexity index is 1300. The van der Waals surface area contributed by atoms with Crippen LogP contribution in [0.3, 0.4) is 0 Å². The zero-order valence-corrected chi connectivity index (χ0v) is 19.3. The molecule has 172 valence electrons. The van der Waals surface area contributed by atoms with Crippen LogP contribution in [0, 0.1) is 27.3 Å². The fourth-order valence-corrected chi connectivity index (χ4v) is 3.32. The molecule has 0 fully saturated rings. The van der Waals surface area contributed by atoms with Gasteiger partial charge in [-0.1, -0.05) is 18.2 Å². The molecule has 3 rings (SSSR count). The zero-order valence-electron chi connectivity index (χ0n) is 17.7. The van der Waals surface area contributed by atoms with Gasteiger partial charge in [0.2, 0.25) is 0 Å². The van der Waals surface area contributed by atoms with Crippen molar-refractivity contribution in [3.05, 3.63) is 97.8 Å². The summed E-state index contributed by atoms with van der Waals surface area (Å²) in [5.41, 5.74) is 1.23. The Labute approximate surface area is 202 Å². The highest BCUT2D eigenvalue weighted by Crippen LogP contribution is 2.30. The first-order valence-electron chi connectivity index (χ1n) is 9.73. The number of amides is 1. The Balaban J connectivity index is 1.75. The Morgan fingerprint density at radius 1 is 1.18 bits per heavy atom. The Morgan fingerprint density at radius 3 is 2.53 bits per heavy atom. The monoisotopic (exact) mass is 525 g/mol. The average molecular weight is 526 g/mol. The van der Waals surface area contributed by atoms with Gasteiger partial charge in [-0.05, 0) is 63.5 Å². The van der Waals surface area contributed by atoms with Crippen LogP contribution in [0.2, 0.25) is 0 Å². The van der Waals surface area contributed by atoms with Gasteiger partial charge in [-0.15, -0.1) is 0 Å². The van der Waals surface area contributed by atoms with Gasteiger partial charge >= 0.3 is 0 Å². The summed E-state index contributed by atoms with van der Waals surface area (Å²) in [6.45, 7) is 0.196. The predicted molar refractivity (Wildman–Crippen MR) is 127 cm³/mol. The normalized spacial score (nSPS) is 10.8. The maximum Gasteiger partial charge on any atom is 0.270 e. The second-order valence-electron chi connectivity index (χ2n) is 6.87. The van der Waals surface area contributed by atoms with E-state index in [1.54, 1.807) is 30.3 Å². The first kappa shape index (κ1) is 24.4. The van der Waals surface area contributed by atoms with Crippen LogP contribution in [0.4, 0.5) is 15.8 Å². The molecular weight excluding hydrogens is 509 g/mol. The van der Waals surface area contributed by atoms with Gasteiger partial charge in [0.05, 0.1) is 17.7 Å². The second kappa shape index (κ2) is 11.1. The van der Waals surface area contributed by atoms with Crippen LogP contribution in [0.25, 0.3) is 6.08 Å². The number of nitrogens with one attached hydrogen (secondary N) is 1. The lowest BCUT2D eigenvalue weighted by atomic mass is 10.1. The molecule has 10 heteroatoms. The quantitative estimate of drug-likeness (QED) is 0.176. The van der Waals surface area contributed by atoms with Crippen molar-refractivity contribution in [2.45, 2.75) is 6.61 Å². The van der Waals surface area contributed by atoms with Crippen LogP contribution in [0.1, 0.15) is 11.1 Å². The van der Waals surface area contributed by atoms with Gasteiger partial charge in [-0.3, -0.25) is 14.9 Å². The number of rotatable bonds is 8. The highest BCUT2D eigenvalue weighted by atomic mass is 79.9. The third kappa shape index (κ3) is 6.17. The predicted octanol–water partition coefficient (Wildman–Crippen LogP) is 5.63. The van der Waals surface area contributed by atoms with Crippen LogP contribution in [-0.4, -0.2) is 17.9 Å². The zero-order chi connectivity index (χ0) is 24.7. The van der Waals surface area contributed by atoms with E-state index in [2.05, 4.69) is 21.2 Å². The van der Waals surface area contributed by atoms with Crippen molar-refractivity contribution in [2.24, 2.45) is 0 Å². The number of anilines is 1. The highest BCUT2D eigenvalue weighted by Gasteiger charge is 2.15. The summed E-state index contributed by atoms with van der Waals surface area (Å²) in [4.78, 5) is 22.9. The number of benzene rings is 3. The largest absolute Gasteiger partial charge is 0.493 e. The van der Waals surface area contributed by atoms with Crippen LogP contribution in [0.15, 0.2) is 70.7 Å². The molecule has 0 atom stereocenters. The number of carbonyl (C=O) groups excluding carboxylic acids is 1. The maximum atomic E-state index is 13.0. The fraction of sp³-hybridized carbons (Fsp3) is 0.0833. The summed E-state index contributed by atoms with van der Waals surface area (Å²) in [5, 5.41) is 22.9. The van der Waals surface area contributed by atoms with Crippen LogP contribution >= 0.6 is 15.9 Å². The van der Waals surface area contributed by atoms with Gasteiger partial charge < -0.3 is 14.8 Å². The molecule has 0 aliphatic rings. The van der Waals surface area contributed by atoms with E-state index < -0.39 is 10.8 Å². The van der Waals surface area contributed by atoms with E-state index >= 15 is 0 Å². The number of nitro groups is 1. The number of hydrogen-bond acceptors (Lipinski definition) is 6. The molecular formula is C24H17BrFN3O5. The average Bonchev–Trinajstić information content (AvgIpc) is 2.83. The SMILES string of the molecule is COc1cc(C=C(C#N)C(=O)Nc2ccc([N+](=O)[O-])cc2Br)ccc1OCc1ccc(F)cc1. The van der Waals surface area contributed by atoms with Crippen LogP contribution < -0.4 is 14.8 Å². The molecule has 0 saturated carbocycles. The third-order valence-corrected chi connectivity index (χ3v) is 5.24. The lowest BCUT2D eigenvalue weighted by molar-refractivity contribution is -0.384. The van der Waals surface area contributed by atoms with Gasteiger partial charge in [0, 0.05) is 16.6 Å². The molecule has 0 unspecified atom stereocenters. The Kier molecular flexibility index (Phi) is 7.95. The van der Waals surface area contributed by atoms with E-state index in [1.807, 2.05) is 6.07 Å². The van der Waals surface area contributed by atoms with Gasteiger partial charge in [-0.25, -0.2) is 4.39 Å². The van der Waals surface area contributed by atoms with E-state index in [0.29, 0.717) is 21.5 Å². The first-order chi connectivity index (χ1) is 16.3. The third-order valence-electron chi connectivity index (χ3n) is 4.58. The molecule has 0 saturated heterocycles. The molecule has 0 heterocycles. The number of carbonyl (C=O) groups is 1. The van der Waals surface area contributed by atoms with Crippen molar-refractivity contribution in [3.8, 4) is 17.6 Å². The number of halogens is 2. The molecule has 8 nitrogen and oxygen atoms in total. The van der Waals surface area contributed by atoms with Crippen LogP contribution in [0.5, 0.6) is 11.5 Å². The van der Waals surface area contributed by atoms with E-state index in [4.69, 9.17) is 9.47 Å². The van der Waals surface area contributed by atoms with Crippen molar-refractivity contribution in [1.29, 1.82) is 5.26 Å². The molecule has 0 radical (unpaired) electrons. The van der Waals surface area contributed by atoms with Crippen molar-refractivity contribution in [3.63, 3.8) is 0 Å². The maximum absolute atomic E-state index is 13.0. The molecule has 3 aromatic carbocycles. The molecule has 3 aromatic rings. The standard InChI is InChI=1S/C24H17BrFN3O5/c1-33-23-11-16(4-9-22(23)34-14-15-2-5-18(26)6-3-15)10-17(13-27)24(30)28-21-8-7-19(29(31)32)12-20(21)25/h2-12H,14H2,1H3,(H,28,30). The smallest absolute Gasteiger partial charge is 0.270 e. The molecule has 0 aliphatic carbocycles. The number of non-ortho nitro benzene ring substituents is 1. The van der Waals surface area contributed by atoms with Gasteiger partial charge in [-0.2, -0.15) is 5.26 Å². The lowest BCUT2D eigenvalue weighted by Gasteiger charge is -2.12. The number of nitrogens with zero attached hydrogens (tertiary/aromatic N) is 2.